The largest absolute Gasteiger partial charge is 0.350 e. The molecule has 0 bridgehead atoms. The van der Waals surface area contributed by atoms with Gasteiger partial charge in [-0.25, -0.2) is 9.37 Å². The molecule has 0 aliphatic heterocycles. The fraction of sp³-hybridized carbons (Fsp3) is 0.333. The number of hydrogen-bond donors (Lipinski definition) is 1. The molecule has 2 aromatic carbocycles. The lowest BCUT2D eigenvalue weighted by molar-refractivity contribution is -0.125. The van der Waals surface area contributed by atoms with Crippen molar-refractivity contribution in [2.75, 3.05) is 0 Å². The Balaban J connectivity index is 2.01. The minimum absolute atomic E-state index is 0.0546. The molecule has 0 fully saturated rings. The number of imidazole rings is 1. The summed E-state index contributed by atoms with van der Waals surface area (Å²) in [5.74, 6) is 0.468. The van der Waals surface area contributed by atoms with E-state index in [1.807, 2.05) is 56.5 Å². The van der Waals surface area contributed by atoms with Crippen molar-refractivity contribution >= 4 is 16.9 Å². The van der Waals surface area contributed by atoms with Gasteiger partial charge in [-0.05, 0) is 57.5 Å². The van der Waals surface area contributed by atoms with E-state index in [1.54, 1.807) is 12.1 Å². The molecule has 0 aliphatic rings. The zero-order valence-electron chi connectivity index (χ0n) is 15.6. The summed E-state index contributed by atoms with van der Waals surface area (Å²) < 4.78 is 15.2. The number of rotatable bonds is 4. The topological polar surface area (TPSA) is 46.9 Å². The van der Waals surface area contributed by atoms with Crippen molar-refractivity contribution in [2.24, 2.45) is 0 Å². The number of fused-ring (bicyclic) bond motifs is 1. The molecule has 1 heterocycles. The van der Waals surface area contributed by atoms with Crippen LogP contribution in [0.1, 0.15) is 45.1 Å². The molecule has 4 nitrogen and oxygen atoms in total. The van der Waals surface area contributed by atoms with Crippen LogP contribution in [-0.4, -0.2) is 21.0 Å². The van der Waals surface area contributed by atoms with Gasteiger partial charge in [-0.2, -0.15) is 0 Å². The molecule has 136 valence electrons. The first-order chi connectivity index (χ1) is 12.2. The summed E-state index contributed by atoms with van der Waals surface area (Å²) in [7, 11) is 0. The van der Waals surface area contributed by atoms with Gasteiger partial charge in [0.05, 0.1) is 11.0 Å². The first-order valence-corrected chi connectivity index (χ1v) is 8.77. The zero-order valence-corrected chi connectivity index (χ0v) is 15.6. The van der Waals surface area contributed by atoms with Crippen LogP contribution in [0.25, 0.3) is 11.0 Å². The Morgan fingerprint density at radius 2 is 1.81 bits per heavy atom. The summed E-state index contributed by atoms with van der Waals surface area (Å²) in [5, 5.41) is 3.03. The number of nitrogens with zero attached hydrogens (tertiary/aromatic N) is 2. The summed E-state index contributed by atoms with van der Waals surface area (Å²) in [4.78, 5) is 17.5. The Morgan fingerprint density at radius 3 is 2.46 bits per heavy atom. The van der Waals surface area contributed by atoms with Crippen LogP contribution in [-0.2, 0) is 11.2 Å². The normalized spacial score (nSPS) is 13.0. The quantitative estimate of drug-likeness (QED) is 0.762. The number of aromatic nitrogens is 2. The highest BCUT2D eigenvalue weighted by Gasteiger charge is 2.24. The van der Waals surface area contributed by atoms with Crippen LogP contribution in [0.4, 0.5) is 4.39 Å². The minimum Gasteiger partial charge on any atom is -0.350 e. The second-order valence-electron chi connectivity index (χ2n) is 7.61. The number of amides is 1. The van der Waals surface area contributed by atoms with E-state index in [9.17, 15) is 9.18 Å². The van der Waals surface area contributed by atoms with E-state index in [2.05, 4.69) is 5.32 Å². The Morgan fingerprint density at radius 1 is 1.15 bits per heavy atom. The third-order valence-electron chi connectivity index (χ3n) is 4.21. The molecule has 1 amide bonds. The molecule has 26 heavy (non-hydrogen) atoms. The molecule has 1 atom stereocenters. The van der Waals surface area contributed by atoms with Gasteiger partial charge in [0.1, 0.15) is 17.7 Å². The van der Waals surface area contributed by atoms with Gasteiger partial charge in [0.25, 0.3) is 0 Å². The van der Waals surface area contributed by atoms with Gasteiger partial charge in [0, 0.05) is 12.0 Å². The van der Waals surface area contributed by atoms with Crippen LogP contribution < -0.4 is 5.32 Å². The number of benzene rings is 2. The average molecular weight is 353 g/mol. The Hall–Kier alpha value is -2.69. The summed E-state index contributed by atoms with van der Waals surface area (Å²) in [6.07, 6.45) is 0.530. The van der Waals surface area contributed by atoms with Crippen LogP contribution in [0.2, 0.25) is 0 Å². The predicted octanol–water partition coefficient (Wildman–Crippen LogP) is 4.24. The molecule has 5 heteroatoms. The predicted molar refractivity (Wildman–Crippen MR) is 102 cm³/mol. The molecule has 1 N–H and O–H groups in total. The number of halogens is 1. The SMILES string of the molecule is CC(C(=O)NC(C)(C)C)n1c(Cc2ccc(F)cc2)nc2ccccc21. The number of carbonyl (C=O) groups is 1. The van der Waals surface area contributed by atoms with Crippen LogP contribution >= 0.6 is 0 Å². The van der Waals surface area contributed by atoms with E-state index in [-0.39, 0.29) is 17.3 Å². The van der Waals surface area contributed by atoms with Crippen molar-refractivity contribution < 1.29 is 9.18 Å². The van der Waals surface area contributed by atoms with Crippen LogP contribution in [0.15, 0.2) is 48.5 Å². The zero-order chi connectivity index (χ0) is 18.9. The first-order valence-electron chi connectivity index (χ1n) is 8.77. The van der Waals surface area contributed by atoms with Gasteiger partial charge < -0.3 is 9.88 Å². The lowest BCUT2D eigenvalue weighted by Gasteiger charge is -2.25. The molecule has 0 saturated heterocycles. The summed E-state index contributed by atoms with van der Waals surface area (Å²) in [6.45, 7) is 7.76. The van der Waals surface area contributed by atoms with Gasteiger partial charge in [0.2, 0.25) is 5.91 Å². The van der Waals surface area contributed by atoms with Crippen molar-refractivity contribution in [1.82, 2.24) is 14.9 Å². The number of hydrogen-bond acceptors (Lipinski definition) is 2. The highest BCUT2D eigenvalue weighted by molar-refractivity contribution is 5.84. The van der Waals surface area contributed by atoms with Gasteiger partial charge in [-0.3, -0.25) is 4.79 Å². The Labute approximate surface area is 153 Å². The molecular weight excluding hydrogens is 329 g/mol. The summed E-state index contributed by atoms with van der Waals surface area (Å²) >= 11 is 0. The lowest BCUT2D eigenvalue weighted by atomic mass is 10.1. The van der Waals surface area contributed by atoms with E-state index in [0.29, 0.717) is 6.42 Å². The van der Waals surface area contributed by atoms with E-state index in [1.165, 1.54) is 12.1 Å². The van der Waals surface area contributed by atoms with E-state index < -0.39 is 6.04 Å². The number of carbonyl (C=O) groups excluding carboxylic acids is 1. The van der Waals surface area contributed by atoms with Crippen LogP contribution in [0, 0.1) is 5.82 Å². The maximum absolute atomic E-state index is 13.2. The molecule has 3 rings (SSSR count). The van der Waals surface area contributed by atoms with Gasteiger partial charge in [-0.1, -0.05) is 24.3 Å². The molecule has 3 aromatic rings. The van der Waals surface area contributed by atoms with Gasteiger partial charge in [-0.15, -0.1) is 0 Å². The van der Waals surface area contributed by atoms with E-state index in [4.69, 9.17) is 4.98 Å². The monoisotopic (exact) mass is 353 g/mol. The standard InChI is InChI=1S/C21H24FN3O/c1-14(20(26)24-21(2,3)4)25-18-8-6-5-7-17(18)23-19(25)13-15-9-11-16(22)12-10-15/h5-12,14H,13H2,1-4H3,(H,24,26). The number of nitrogens with one attached hydrogen (secondary N) is 1. The highest BCUT2D eigenvalue weighted by Crippen LogP contribution is 2.24. The van der Waals surface area contributed by atoms with E-state index >= 15 is 0 Å². The maximum atomic E-state index is 13.2. The molecular formula is C21H24FN3O. The molecule has 0 saturated carbocycles. The summed E-state index contributed by atoms with van der Waals surface area (Å²) in [6, 6.07) is 13.8. The second-order valence-corrected chi connectivity index (χ2v) is 7.61. The first kappa shape index (κ1) is 18.1. The Kier molecular flexibility index (Phi) is 4.81. The lowest BCUT2D eigenvalue weighted by Crippen LogP contribution is -2.44. The average Bonchev–Trinajstić information content (AvgIpc) is 2.92. The second kappa shape index (κ2) is 6.90. The third kappa shape index (κ3) is 3.93. The van der Waals surface area contributed by atoms with Crippen molar-refractivity contribution in [3.05, 3.63) is 65.7 Å². The molecule has 0 aliphatic carbocycles. The highest BCUT2D eigenvalue weighted by atomic mass is 19.1. The molecule has 0 spiro atoms. The van der Waals surface area contributed by atoms with Crippen LogP contribution in [0.5, 0.6) is 0 Å². The van der Waals surface area contributed by atoms with Crippen molar-refractivity contribution in [3.63, 3.8) is 0 Å². The van der Waals surface area contributed by atoms with Gasteiger partial charge >= 0.3 is 0 Å². The smallest absolute Gasteiger partial charge is 0.243 e. The van der Waals surface area contributed by atoms with Crippen molar-refractivity contribution in [2.45, 2.75) is 45.7 Å². The summed E-state index contributed by atoms with van der Waals surface area (Å²) in [5.41, 5.74) is 2.41. The Bertz CT molecular complexity index is 923. The van der Waals surface area contributed by atoms with Gasteiger partial charge in [0.15, 0.2) is 0 Å². The minimum atomic E-state index is -0.405. The molecule has 1 unspecified atom stereocenters. The van der Waals surface area contributed by atoms with Crippen molar-refractivity contribution in [3.8, 4) is 0 Å². The van der Waals surface area contributed by atoms with Crippen molar-refractivity contribution in [1.29, 1.82) is 0 Å². The fourth-order valence-corrected chi connectivity index (χ4v) is 3.03. The fourth-order valence-electron chi connectivity index (χ4n) is 3.03. The number of para-hydroxylation sites is 2. The maximum Gasteiger partial charge on any atom is 0.243 e. The van der Waals surface area contributed by atoms with Crippen LogP contribution in [0.3, 0.4) is 0 Å². The third-order valence-corrected chi connectivity index (χ3v) is 4.21. The van der Waals surface area contributed by atoms with E-state index in [0.717, 1.165) is 22.4 Å². The molecule has 0 radical (unpaired) electrons. The molecule has 1 aromatic heterocycles.